The van der Waals surface area contributed by atoms with Gasteiger partial charge < -0.3 is 15.3 Å². The van der Waals surface area contributed by atoms with Crippen LogP contribution in [0.15, 0.2) is 6.33 Å². The SMILES string of the molecule is CC(C)(C)N(CC(=O)O)C(=O)NCCc1ncn[nH]1. The van der Waals surface area contributed by atoms with Crippen LogP contribution in [0.4, 0.5) is 4.79 Å². The minimum absolute atomic E-state index is 0.336. The van der Waals surface area contributed by atoms with Crippen molar-refractivity contribution in [2.24, 2.45) is 0 Å². The number of hydrogen-bond donors (Lipinski definition) is 3. The highest BCUT2D eigenvalue weighted by Gasteiger charge is 2.28. The minimum Gasteiger partial charge on any atom is -0.480 e. The second-order valence-corrected chi connectivity index (χ2v) is 5.06. The number of carbonyl (C=O) groups is 2. The number of amides is 2. The lowest BCUT2D eigenvalue weighted by molar-refractivity contribution is -0.138. The number of H-pyrrole nitrogens is 1. The molecule has 0 bridgehead atoms. The zero-order valence-corrected chi connectivity index (χ0v) is 11.3. The molecule has 0 saturated carbocycles. The number of carboxylic acids is 1. The number of urea groups is 1. The number of nitrogens with zero attached hydrogens (tertiary/aromatic N) is 3. The summed E-state index contributed by atoms with van der Waals surface area (Å²) in [7, 11) is 0. The summed E-state index contributed by atoms with van der Waals surface area (Å²) in [5.41, 5.74) is -0.561. The van der Waals surface area contributed by atoms with Crippen LogP contribution in [0.25, 0.3) is 0 Å². The van der Waals surface area contributed by atoms with Crippen molar-refractivity contribution in [3.8, 4) is 0 Å². The van der Waals surface area contributed by atoms with Crippen LogP contribution < -0.4 is 5.32 Å². The molecule has 0 fully saturated rings. The fourth-order valence-corrected chi connectivity index (χ4v) is 1.48. The van der Waals surface area contributed by atoms with Crippen molar-refractivity contribution in [1.29, 1.82) is 0 Å². The summed E-state index contributed by atoms with van der Waals surface area (Å²) in [5.74, 6) is -0.374. The first kappa shape index (κ1) is 14.9. The third-order valence-corrected chi connectivity index (χ3v) is 2.45. The second kappa shape index (κ2) is 6.17. The van der Waals surface area contributed by atoms with E-state index >= 15 is 0 Å². The van der Waals surface area contributed by atoms with Crippen LogP contribution in [0.1, 0.15) is 26.6 Å². The lowest BCUT2D eigenvalue weighted by atomic mass is 10.1. The van der Waals surface area contributed by atoms with Crippen molar-refractivity contribution in [1.82, 2.24) is 25.4 Å². The van der Waals surface area contributed by atoms with E-state index in [1.807, 2.05) is 0 Å². The first-order valence-electron chi connectivity index (χ1n) is 5.92. The lowest BCUT2D eigenvalue weighted by Gasteiger charge is -2.34. The van der Waals surface area contributed by atoms with Crippen LogP contribution >= 0.6 is 0 Å². The maximum absolute atomic E-state index is 12.0. The number of carboxylic acid groups (broad SMARTS) is 1. The average molecular weight is 269 g/mol. The third kappa shape index (κ3) is 4.94. The number of rotatable bonds is 5. The number of aliphatic carboxylic acids is 1. The molecule has 0 unspecified atom stereocenters. The van der Waals surface area contributed by atoms with E-state index in [9.17, 15) is 9.59 Å². The third-order valence-electron chi connectivity index (χ3n) is 2.45. The topological polar surface area (TPSA) is 111 Å². The fraction of sp³-hybridized carbons (Fsp3) is 0.636. The molecule has 19 heavy (non-hydrogen) atoms. The predicted octanol–water partition coefficient (Wildman–Crippen LogP) is 0.242. The van der Waals surface area contributed by atoms with E-state index in [0.717, 1.165) is 0 Å². The van der Waals surface area contributed by atoms with Gasteiger partial charge >= 0.3 is 12.0 Å². The van der Waals surface area contributed by atoms with E-state index in [0.29, 0.717) is 18.8 Å². The van der Waals surface area contributed by atoms with E-state index in [-0.39, 0.29) is 6.54 Å². The van der Waals surface area contributed by atoms with Gasteiger partial charge in [0.1, 0.15) is 18.7 Å². The summed E-state index contributed by atoms with van der Waals surface area (Å²) in [6.07, 6.45) is 1.90. The molecule has 0 saturated heterocycles. The van der Waals surface area contributed by atoms with E-state index in [2.05, 4.69) is 20.5 Å². The summed E-state index contributed by atoms with van der Waals surface area (Å²) in [6, 6.07) is -0.408. The smallest absolute Gasteiger partial charge is 0.323 e. The Bertz CT molecular complexity index is 424. The Morgan fingerprint density at radius 3 is 2.63 bits per heavy atom. The molecular formula is C11H19N5O3. The van der Waals surface area contributed by atoms with Gasteiger partial charge in [0, 0.05) is 18.5 Å². The molecule has 0 aliphatic rings. The summed E-state index contributed by atoms with van der Waals surface area (Å²) in [5, 5.41) is 17.9. The highest BCUT2D eigenvalue weighted by atomic mass is 16.4. The standard InChI is InChI=1S/C11H19N5O3/c1-11(2,3)16(6-9(17)18)10(19)12-5-4-8-13-7-14-15-8/h7H,4-6H2,1-3H3,(H,12,19)(H,17,18)(H,13,14,15). The van der Waals surface area contributed by atoms with Crippen LogP contribution in [-0.4, -0.2) is 55.8 Å². The summed E-state index contributed by atoms with van der Waals surface area (Å²) < 4.78 is 0. The van der Waals surface area contributed by atoms with E-state index in [1.165, 1.54) is 11.2 Å². The second-order valence-electron chi connectivity index (χ2n) is 5.06. The molecule has 0 radical (unpaired) electrons. The van der Waals surface area contributed by atoms with Crippen LogP contribution in [0.5, 0.6) is 0 Å². The molecule has 0 aliphatic carbocycles. The highest BCUT2D eigenvalue weighted by molar-refractivity contribution is 5.80. The van der Waals surface area contributed by atoms with Crippen LogP contribution in [0.3, 0.4) is 0 Å². The Morgan fingerprint density at radius 2 is 2.16 bits per heavy atom. The first-order valence-corrected chi connectivity index (χ1v) is 5.92. The lowest BCUT2D eigenvalue weighted by Crippen LogP contribution is -2.52. The number of aromatic amines is 1. The number of nitrogens with one attached hydrogen (secondary N) is 2. The molecule has 1 aromatic heterocycles. The van der Waals surface area contributed by atoms with Gasteiger partial charge in [0.25, 0.3) is 0 Å². The zero-order chi connectivity index (χ0) is 14.5. The first-order chi connectivity index (χ1) is 8.80. The molecule has 3 N–H and O–H groups in total. The van der Waals surface area contributed by atoms with E-state index in [4.69, 9.17) is 5.11 Å². The summed E-state index contributed by atoms with van der Waals surface area (Å²) in [4.78, 5) is 27.9. The highest BCUT2D eigenvalue weighted by Crippen LogP contribution is 2.12. The Labute approximate surface area is 111 Å². The Morgan fingerprint density at radius 1 is 1.47 bits per heavy atom. The Balaban J connectivity index is 2.50. The number of hydrogen-bond acceptors (Lipinski definition) is 4. The van der Waals surface area contributed by atoms with Gasteiger partial charge in [-0.25, -0.2) is 9.78 Å². The van der Waals surface area contributed by atoms with Gasteiger partial charge in [0.2, 0.25) is 0 Å². The van der Waals surface area contributed by atoms with E-state index in [1.54, 1.807) is 20.8 Å². The predicted molar refractivity (Wildman–Crippen MR) is 67.6 cm³/mol. The molecule has 0 aliphatic heterocycles. The van der Waals surface area contributed by atoms with E-state index < -0.39 is 17.5 Å². The fourth-order valence-electron chi connectivity index (χ4n) is 1.48. The van der Waals surface area contributed by atoms with Gasteiger partial charge in [-0.15, -0.1) is 0 Å². The van der Waals surface area contributed by atoms with Crippen molar-refractivity contribution in [3.05, 3.63) is 12.2 Å². The molecule has 8 heteroatoms. The van der Waals surface area contributed by atoms with Crippen molar-refractivity contribution in [3.63, 3.8) is 0 Å². The Kier molecular flexibility index (Phi) is 4.85. The van der Waals surface area contributed by atoms with Gasteiger partial charge in [-0.1, -0.05) is 0 Å². The van der Waals surface area contributed by atoms with Crippen LogP contribution in [0, 0.1) is 0 Å². The van der Waals surface area contributed by atoms with Gasteiger partial charge in [-0.05, 0) is 20.8 Å². The quantitative estimate of drug-likeness (QED) is 0.709. The van der Waals surface area contributed by atoms with Gasteiger partial charge in [-0.2, -0.15) is 5.10 Å². The largest absolute Gasteiger partial charge is 0.480 e. The maximum atomic E-state index is 12.0. The molecule has 1 aromatic rings. The van der Waals surface area contributed by atoms with Gasteiger partial charge in [0.15, 0.2) is 0 Å². The normalized spacial score (nSPS) is 11.1. The average Bonchev–Trinajstić information content (AvgIpc) is 2.77. The molecule has 0 atom stereocenters. The zero-order valence-electron chi connectivity index (χ0n) is 11.3. The van der Waals surface area contributed by atoms with Gasteiger partial charge in [0.05, 0.1) is 0 Å². The molecule has 8 nitrogen and oxygen atoms in total. The molecule has 0 aromatic carbocycles. The number of aromatic nitrogens is 3. The van der Waals surface area contributed by atoms with Crippen molar-refractivity contribution in [2.75, 3.05) is 13.1 Å². The molecule has 0 spiro atoms. The molecular weight excluding hydrogens is 250 g/mol. The minimum atomic E-state index is -1.04. The molecule has 2 amide bonds. The van der Waals surface area contributed by atoms with Crippen LogP contribution in [-0.2, 0) is 11.2 Å². The van der Waals surface area contributed by atoms with Crippen molar-refractivity contribution in [2.45, 2.75) is 32.7 Å². The Hall–Kier alpha value is -2.12. The number of carbonyl (C=O) groups excluding carboxylic acids is 1. The molecule has 1 rings (SSSR count). The van der Waals surface area contributed by atoms with Crippen molar-refractivity contribution >= 4 is 12.0 Å². The summed E-state index contributed by atoms with van der Waals surface area (Å²) >= 11 is 0. The summed E-state index contributed by atoms with van der Waals surface area (Å²) in [6.45, 7) is 5.38. The van der Waals surface area contributed by atoms with Gasteiger partial charge in [-0.3, -0.25) is 9.89 Å². The monoisotopic (exact) mass is 269 g/mol. The molecule has 1 heterocycles. The molecule has 106 valence electrons. The van der Waals surface area contributed by atoms with Crippen LogP contribution in [0.2, 0.25) is 0 Å². The maximum Gasteiger partial charge on any atom is 0.323 e. The van der Waals surface area contributed by atoms with Crippen molar-refractivity contribution < 1.29 is 14.7 Å².